The quantitative estimate of drug-likeness (QED) is 0.640. The molecule has 0 saturated carbocycles. The second kappa shape index (κ2) is 4.44. The van der Waals surface area contributed by atoms with Crippen LogP contribution < -0.4 is 0 Å². The number of halogens is 4. The fourth-order valence-corrected chi connectivity index (χ4v) is 1.82. The minimum Gasteiger partial charge on any atom is -0.207 e. The third-order valence-electron chi connectivity index (χ3n) is 2.62. The predicted octanol–water partition coefficient (Wildman–Crippen LogP) is 4.82. The van der Waals surface area contributed by atoms with Crippen LogP contribution in [0.4, 0.5) is 17.6 Å². The van der Waals surface area contributed by atoms with E-state index < -0.39 is 17.6 Å². The van der Waals surface area contributed by atoms with Crippen molar-refractivity contribution in [2.45, 2.75) is 13.1 Å². The van der Waals surface area contributed by atoms with Gasteiger partial charge in [-0.15, -0.1) is 0 Å². The van der Waals surface area contributed by atoms with Crippen molar-refractivity contribution in [2.24, 2.45) is 0 Å². The van der Waals surface area contributed by atoms with E-state index in [4.69, 9.17) is 0 Å². The van der Waals surface area contributed by atoms with E-state index in [9.17, 15) is 17.6 Å². The topological polar surface area (TPSA) is 0 Å². The molecule has 0 bridgehead atoms. The fourth-order valence-electron chi connectivity index (χ4n) is 1.82. The van der Waals surface area contributed by atoms with Crippen LogP contribution in [-0.2, 0) is 6.18 Å². The molecule has 0 nitrogen and oxygen atoms in total. The van der Waals surface area contributed by atoms with Gasteiger partial charge in [0.05, 0.1) is 5.56 Å². The standard InChI is InChI=1S/C14H10F4/c1-9-3-2-4-10(7-9)12-6-5-11(15)8-13(12)14(16,17)18/h2-8H,1H3. The van der Waals surface area contributed by atoms with Crippen LogP contribution in [0, 0.1) is 12.7 Å². The molecule has 0 atom stereocenters. The highest BCUT2D eigenvalue weighted by molar-refractivity contribution is 5.68. The van der Waals surface area contributed by atoms with Gasteiger partial charge in [-0.25, -0.2) is 4.39 Å². The third-order valence-corrected chi connectivity index (χ3v) is 2.62. The zero-order valence-corrected chi connectivity index (χ0v) is 9.55. The monoisotopic (exact) mass is 254 g/mol. The van der Waals surface area contributed by atoms with Crippen LogP contribution >= 0.6 is 0 Å². The molecule has 2 aromatic rings. The van der Waals surface area contributed by atoms with Crippen molar-refractivity contribution < 1.29 is 17.6 Å². The summed E-state index contributed by atoms with van der Waals surface area (Å²) in [7, 11) is 0. The van der Waals surface area contributed by atoms with Crippen LogP contribution in [0.1, 0.15) is 11.1 Å². The van der Waals surface area contributed by atoms with Crippen LogP contribution in [0.5, 0.6) is 0 Å². The first-order valence-electron chi connectivity index (χ1n) is 5.32. The Hall–Kier alpha value is -1.84. The average molecular weight is 254 g/mol. The second-order valence-electron chi connectivity index (χ2n) is 4.06. The molecule has 0 spiro atoms. The van der Waals surface area contributed by atoms with Gasteiger partial charge < -0.3 is 0 Å². The molecule has 0 aliphatic rings. The normalized spacial score (nSPS) is 11.6. The Bertz CT molecular complexity index is 570. The van der Waals surface area contributed by atoms with Crippen molar-refractivity contribution in [3.63, 3.8) is 0 Å². The third kappa shape index (κ3) is 2.53. The van der Waals surface area contributed by atoms with Crippen LogP contribution in [-0.4, -0.2) is 0 Å². The Morgan fingerprint density at radius 3 is 2.28 bits per heavy atom. The maximum atomic E-state index is 13.0. The van der Waals surface area contributed by atoms with Gasteiger partial charge in [0.1, 0.15) is 5.82 Å². The molecule has 0 saturated heterocycles. The van der Waals surface area contributed by atoms with Gasteiger partial charge >= 0.3 is 6.18 Å². The predicted molar refractivity (Wildman–Crippen MR) is 61.6 cm³/mol. The number of benzene rings is 2. The molecule has 18 heavy (non-hydrogen) atoms. The summed E-state index contributed by atoms with van der Waals surface area (Å²) in [4.78, 5) is 0. The summed E-state index contributed by atoms with van der Waals surface area (Å²) >= 11 is 0. The number of aryl methyl sites for hydroxylation is 1. The highest BCUT2D eigenvalue weighted by Gasteiger charge is 2.34. The van der Waals surface area contributed by atoms with Crippen molar-refractivity contribution in [3.05, 3.63) is 59.4 Å². The molecule has 0 aliphatic carbocycles. The molecule has 0 N–H and O–H groups in total. The summed E-state index contributed by atoms with van der Waals surface area (Å²) in [6, 6.07) is 9.41. The highest BCUT2D eigenvalue weighted by atomic mass is 19.4. The molecule has 2 aromatic carbocycles. The van der Waals surface area contributed by atoms with E-state index in [2.05, 4.69) is 0 Å². The molecule has 0 unspecified atom stereocenters. The summed E-state index contributed by atoms with van der Waals surface area (Å²) < 4.78 is 51.5. The van der Waals surface area contributed by atoms with E-state index in [1.165, 1.54) is 0 Å². The lowest BCUT2D eigenvalue weighted by molar-refractivity contribution is -0.137. The van der Waals surface area contributed by atoms with Crippen molar-refractivity contribution in [1.82, 2.24) is 0 Å². The van der Waals surface area contributed by atoms with E-state index >= 15 is 0 Å². The van der Waals surface area contributed by atoms with Gasteiger partial charge in [-0.3, -0.25) is 0 Å². The zero-order chi connectivity index (χ0) is 13.3. The van der Waals surface area contributed by atoms with Gasteiger partial charge in [0.2, 0.25) is 0 Å². The summed E-state index contributed by atoms with van der Waals surface area (Å²) in [5, 5.41) is 0. The van der Waals surface area contributed by atoms with Crippen molar-refractivity contribution in [3.8, 4) is 11.1 Å². The first-order chi connectivity index (χ1) is 8.38. The molecule has 0 fully saturated rings. The molecule has 0 aromatic heterocycles. The van der Waals surface area contributed by atoms with E-state index in [1.807, 2.05) is 0 Å². The number of hydrogen-bond donors (Lipinski definition) is 0. The first-order valence-corrected chi connectivity index (χ1v) is 5.32. The molecule has 2 rings (SSSR count). The molecule has 0 heterocycles. The fraction of sp³-hybridized carbons (Fsp3) is 0.143. The van der Waals surface area contributed by atoms with E-state index in [-0.39, 0.29) is 5.56 Å². The minimum absolute atomic E-state index is 0.00685. The maximum Gasteiger partial charge on any atom is 0.417 e. The maximum absolute atomic E-state index is 13.0. The van der Waals surface area contributed by atoms with E-state index in [1.54, 1.807) is 31.2 Å². The Labute approximate surface area is 102 Å². The molecule has 0 radical (unpaired) electrons. The molecule has 94 valence electrons. The number of rotatable bonds is 1. The summed E-state index contributed by atoms with van der Waals surface area (Å²) in [5.74, 6) is -0.890. The summed E-state index contributed by atoms with van der Waals surface area (Å²) in [6.07, 6.45) is -4.57. The molecule has 0 aliphatic heterocycles. The average Bonchev–Trinajstić information content (AvgIpc) is 2.27. The zero-order valence-electron chi connectivity index (χ0n) is 9.55. The van der Waals surface area contributed by atoms with Crippen LogP contribution in [0.15, 0.2) is 42.5 Å². The summed E-state index contributed by atoms with van der Waals surface area (Å²) in [6.45, 7) is 1.79. The molecule has 4 heteroatoms. The lowest BCUT2D eigenvalue weighted by atomic mass is 9.98. The van der Waals surface area contributed by atoms with Gasteiger partial charge in [-0.2, -0.15) is 13.2 Å². The first kappa shape index (κ1) is 12.6. The van der Waals surface area contributed by atoms with Crippen molar-refractivity contribution in [1.29, 1.82) is 0 Å². The minimum atomic E-state index is -4.57. The molecular weight excluding hydrogens is 244 g/mol. The van der Waals surface area contributed by atoms with Crippen LogP contribution in [0.2, 0.25) is 0 Å². The second-order valence-corrected chi connectivity index (χ2v) is 4.06. The van der Waals surface area contributed by atoms with Gasteiger partial charge in [0, 0.05) is 0 Å². The molecular formula is C14H10F4. The SMILES string of the molecule is Cc1cccc(-c2ccc(F)cc2C(F)(F)F)c1. The highest BCUT2D eigenvalue weighted by Crippen LogP contribution is 2.37. The Morgan fingerprint density at radius 1 is 0.944 bits per heavy atom. The van der Waals surface area contributed by atoms with Gasteiger partial charge in [-0.05, 0) is 30.2 Å². The summed E-state index contributed by atoms with van der Waals surface area (Å²) in [5.41, 5.74) is 0.327. The van der Waals surface area contributed by atoms with Crippen LogP contribution in [0.25, 0.3) is 11.1 Å². The Balaban J connectivity index is 2.64. The van der Waals surface area contributed by atoms with E-state index in [0.29, 0.717) is 11.6 Å². The van der Waals surface area contributed by atoms with Crippen LogP contribution in [0.3, 0.4) is 0 Å². The largest absolute Gasteiger partial charge is 0.417 e. The Morgan fingerprint density at radius 2 is 1.67 bits per heavy atom. The van der Waals surface area contributed by atoms with E-state index in [0.717, 1.165) is 17.7 Å². The smallest absolute Gasteiger partial charge is 0.207 e. The number of alkyl halides is 3. The van der Waals surface area contributed by atoms with Crippen molar-refractivity contribution >= 4 is 0 Å². The Kier molecular flexibility index (Phi) is 3.11. The van der Waals surface area contributed by atoms with Crippen molar-refractivity contribution in [2.75, 3.05) is 0 Å². The van der Waals surface area contributed by atoms with Gasteiger partial charge in [-0.1, -0.05) is 35.9 Å². The lowest BCUT2D eigenvalue weighted by Crippen LogP contribution is -2.07. The molecule has 0 amide bonds. The number of hydrogen-bond acceptors (Lipinski definition) is 0. The van der Waals surface area contributed by atoms with Gasteiger partial charge in [0.15, 0.2) is 0 Å². The lowest BCUT2D eigenvalue weighted by Gasteiger charge is -2.13. The van der Waals surface area contributed by atoms with Gasteiger partial charge in [0.25, 0.3) is 0 Å².